The Hall–Kier alpha value is -1.10. The van der Waals surface area contributed by atoms with E-state index in [9.17, 15) is 0 Å². The van der Waals surface area contributed by atoms with E-state index in [0.717, 1.165) is 34.4 Å². The van der Waals surface area contributed by atoms with Crippen molar-refractivity contribution >= 4 is 27.5 Å². The Labute approximate surface area is 132 Å². The zero-order valence-corrected chi connectivity index (χ0v) is 13.8. The quantitative estimate of drug-likeness (QED) is 0.843. The Morgan fingerprint density at radius 2 is 2.15 bits per heavy atom. The standard InChI is InChI=1S/C15H16BrClN2O/c1-3-18-8-11-7-14(17)15(19-9-11)20-12-4-5-13(16)10(2)6-12/h4-7,9,18H,3,8H2,1-2H3. The van der Waals surface area contributed by atoms with Crippen molar-refractivity contribution in [2.75, 3.05) is 6.54 Å². The Morgan fingerprint density at radius 3 is 2.80 bits per heavy atom. The van der Waals surface area contributed by atoms with E-state index in [4.69, 9.17) is 16.3 Å². The molecule has 2 rings (SSSR count). The summed E-state index contributed by atoms with van der Waals surface area (Å²) >= 11 is 9.66. The molecule has 20 heavy (non-hydrogen) atoms. The highest BCUT2D eigenvalue weighted by Gasteiger charge is 2.07. The van der Waals surface area contributed by atoms with Gasteiger partial charge in [0, 0.05) is 17.2 Å². The van der Waals surface area contributed by atoms with Crippen LogP contribution in [0.15, 0.2) is 34.9 Å². The summed E-state index contributed by atoms with van der Waals surface area (Å²) in [4.78, 5) is 4.27. The number of aryl methyl sites for hydroxylation is 1. The van der Waals surface area contributed by atoms with Crippen LogP contribution in [0.5, 0.6) is 11.6 Å². The lowest BCUT2D eigenvalue weighted by molar-refractivity contribution is 0.462. The number of aromatic nitrogens is 1. The summed E-state index contributed by atoms with van der Waals surface area (Å²) in [7, 11) is 0. The summed E-state index contributed by atoms with van der Waals surface area (Å²) in [6, 6.07) is 7.63. The number of nitrogens with one attached hydrogen (secondary N) is 1. The van der Waals surface area contributed by atoms with Crippen LogP contribution in [0.4, 0.5) is 0 Å². The molecule has 0 unspecified atom stereocenters. The average molecular weight is 356 g/mol. The summed E-state index contributed by atoms with van der Waals surface area (Å²) in [6.45, 7) is 5.73. The van der Waals surface area contributed by atoms with E-state index in [1.807, 2.05) is 31.2 Å². The topological polar surface area (TPSA) is 34.2 Å². The molecular weight excluding hydrogens is 340 g/mol. The molecule has 0 aliphatic heterocycles. The highest BCUT2D eigenvalue weighted by molar-refractivity contribution is 9.10. The maximum atomic E-state index is 6.20. The summed E-state index contributed by atoms with van der Waals surface area (Å²) in [6.07, 6.45) is 1.77. The SMILES string of the molecule is CCNCc1cnc(Oc2ccc(Br)c(C)c2)c(Cl)c1. The van der Waals surface area contributed by atoms with Gasteiger partial charge in [0.2, 0.25) is 5.88 Å². The monoisotopic (exact) mass is 354 g/mol. The molecule has 0 amide bonds. The Morgan fingerprint density at radius 1 is 1.35 bits per heavy atom. The molecule has 3 nitrogen and oxygen atoms in total. The molecule has 106 valence electrons. The van der Waals surface area contributed by atoms with Crippen LogP contribution in [0.2, 0.25) is 5.02 Å². The lowest BCUT2D eigenvalue weighted by atomic mass is 10.2. The van der Waals surface area contributed by atoms with Gasteiger partial charge < -0.3 is 10.1 Å². The van der Waals surface area contributed by atoms with E-state index in [2.05, 4.69) is 33.2 Å². The third-order valence-corrected chi connectivity index (χ3v) is 3.95. The molecule has 2 aromatic rings. The number of benzene rings is 1. The largest absolute Gasteiger partial charge is 0.438 e. The van der Waals surface area contributed by atoms with Crippen LogP contribution in [0, 0.1) is 6.92 Å². The lowest BCUT2D eigenvalue weighted by Gasteiger charge is -2.09. The average Bonchev–Trinajstić information content (AvgIpc) is 2.43. The Balaban J connectivity index is 2.14. The van der Waals surface area contributed by atoms with Crippen molar-refractivity contribution in [1.29, 1.82) is 0 Å². The predicted octanol–water partition coefficient (Wildman–Crippen LogP) is 4.71. The van der Waals surface area contributed by atoms with Crippen molar-refractivity contribution in [2.24, 2.45) is 0 Å². The summed E-state index contributed by atoms with van der Waals surface area (Å²) in [5.41, 5.74) is 2.14. The maximum absolute atomic E-state index is 6.20. The van der Waals surface area contributed by atoms with Crippen LogP contribution in [0.1, 0.15) is 18.1 Å². The van der Waals surface area contributed by atoms with Gasteiger partial charge in [0.1, 0.15) is 10.8 Å². The molecule has 0 fully saturated rings. The van der Waals surface area contributed by atoms with Gasteiger partial charge in [-0.25, -0.2) is 4.98 Å². The molecule has 0 saturated heterocycles. The van der Waals surface area contributed by atoms with Crippen LogP contribution in [0.25, 0.3) is 0 Å². The molecule has 5 heteroatoms. The van der Waals surface area contributed by atoms with Crippen molar-refractivity contribution in [3.63, 3.8) is 0 Å². The number of nitrogens with zero attached hydrogens (tertiary/aromatic N) is 1. The lowest BCUT2D eigenvalue weighted by Crippen LogP contribution is -2.11. The van der Waals surface area contributed by atoms with Crippen LogP contribution < -0.4 is 10.1 Å². The fraction of sp³-hybridized carbons (Fsp3) is 0.267. The van der Waals surface area contributed by atoms with Gasteiger partial charge in [-0.05, 0) is 48.9 Å². The van der Waals surface area contributed by atoms with E-state index in [1.165, 1.54) is 0 Å². The molecule has 0 aliphatic carbocycles. The Kier molecular flexibility index (Phi) is 5.40. The second kappa shape index (κ2) is 7.07. The molecule has 1 aromatic heterocycles. The van der Waals surface area contributed by atoms with Gasteiger partial charge >= 0.3 is 0 Å². The van der Waals surface area contributed by atoms with Gasteiger partial charge in [0.15, 0.2) is 0 Å². The van der Waals surface area contributed by atoms with Crippen molar-refractivity contribution < 1.29 is 4.74 Å². The third-order valence-electron chi connectivity index (χ3n) is 2.79. The number of hydrogen-bond donors (Lipinski definition) is 1. The highest BCUT2D eigenvalue weighted by atomic mass is 79.9. The second-order valence-electron chi connectivity index (χ2n) is 4.42. The van der Waals surface area contributed by atoms with Crippen LogP contribution in [-0.2, 0) is 6.54 Å². The normalized spacial score (nSPS) is 10.6. The number of rotatable bonds is 5. The minimum absolute atomic E-state index is 0.425. The number of halogens is 2. The first kappa shape index (κ1) is 15.3. The number of ether oxygens (including phenoxy) is 1. The van der Waals surface area contributed by atoms with Gasteiger partial charge in [-0.3, -0.25) is 0 Å². The molecule has 0 aliphatic rings. The van der Waals surface area contributed by atoms with Gasteiger partial charge in [-0.1, -0.05) is 34.5 Å². The van der Waals surface area contributed by atoms with Gasteiger partial charge in [0.25, 0.3) is 0 Å². The van der Waals surface area contributed by atoms with Crippen LogP contribution in [0.3, 0.4) is 0 Å². The molecular formula is C15H16BrClN2O. The summed E-state index contributed by atoms with van der Waals surface area (Å²) in [5.74, 6) is 1.15. The van der Waals surface area contributed by atoms with E-state index in [0.29, 0.717) is 10.9 Å². The molecule has 0 saturated carbocycles. The van der Waals surface area contributed by atoms with Crippen molar-refractivity contribution in [3.05, 3.63) is 51.1 Å². The van der Waals surface area contributed by atoms with E-state index < -0.39 is 0 Å². The number of pyridine rings is 1. The summed E-state index contributed by atoms with van der Waals surface area (Å²) in [5, 5.41) is 3.74. The van der Waals surface area contributed by atoms with Crippen LogP contribution >= 0.6 is 27.5 Å². The molecule has 0 radical (unpaired) electrons. The minimum atomic E-state index is 0.425. The molecule has 1 aromatic carbocycles. The molecule has 0 atom stereocenters. The van der Waals surface area contributed by atoms with Gasteiger partial charge in [-0.15, -0.1) is 0 Å². The van der Waals surface area contributed by atoms with E-state index in [-0.39, 0.29) is 0 Å². The zero-order valence-electron chi connectivity index (χ0n) is 11.4. The first-order chi connectivity index (χ1) is 9.60. The maximum Gasteiger partial charge on any atom is 0.238 e. The fourth-order valence-electron chi connectivity index (χ4n) is 1.70. The second-order valence-corrected chi connectivity index (χ2v) is 5.69. The predicted molar refractivity (Wildman–Crippen MR) is 85.6 cm³/mol. The Bertz CT molecular complexity index is 604. The molecule has 0 bridgehead atoms. The minimum Gasteiger partial charge on any atom is -0.438 e. The van der Waals surface area contributed by atoms with E-state index >= 15 is 0 Å². The molecule has 1 heterocycles. The first-order valence-corrected chi connectivity index (χ1v) is 7.56. The van der Waals surface area contributed by atoms with Crippen molar-refractivity contribution in [3.8, 4) is 11.6 Å². The van der Waals surface area contributed by atoms with Gasteiger partial charge in [0.05, 0.1) is 0 Å². The molecule has 1 N–H and O–H groups in total. The van der Waals surface area contributed by atoms with Crippen LogP contribution in [-0.4, -0.2) is 11.5 Å². The van der Waals surface area contributed by atoms with Gasteiger partial charge in [-0.2, -0.15) is 0 Å². The first-order valence-electron chi connectivity index (χ1n) is 6.39. The third kappa shape index (κ3) is 3.95. The number of hydrogen-bond acceptors (Lipinski definition) is 3. The van der Waals surface area contributed by atoms with E-state index in [1.54, 1.807) is 6.20 Å². The summed E-state index contributed by atoms with van der Waals surface area (Å²) < 4.78 is 6.77. The van der Waals surface area contributed by atoms with Crippen molar-refractivity contribution in [1.82, 2.24) is 10.3 Å². The molecule has 0 spiro atoms. The smallest absolute Gasteiger partial charge is 0.238 e. The zero-order chi connectivity index (χ0) is 14.5. The fourth-order valence-corrected chi connectivity index (χ4v) is 2.17. The van der Waals surface area contributed by atoms with Crippen molar-refractivity contribution in [2.45, 2.75) is 20.4 Å². The highest BCUT2D eigenvalue weighted by Crippen LogP contribution is 2.29.